The molecule has 10 heteroatoms. The van der Waals surface area contributed by atoms with Crippen molar-refractivity contribution in [2.24, 2.45) is 16.9 Å². The van der Waals surface area contributed by atoms with Gasteiger partial charge in [0, 0.05) is 23.0 Å². The molecule has 0 unspecified atom stereocenters. The zero-order valence-electron chi connectivity index (χ0n) is 25.0. The molecule has 0 bridgehead atoms. The van der Waals surface area contributed by atoms with Crippen molar-refractivity contribution in [1.29, 1.82) is 0 Å². The van der Waals surface area contributed by atoms with Gasteiger partial charge in [-0.15, -0.1) is 10.2 Å². The molecule has 10 nitrogen and oxygen atoms in total. The lowest BCUT2D eigenvalue weighted by Crippen LogP contribution is -2.49. The van der Waals surface area contributed by atoms with Gasteiger partial charge in [-0.3, -0.25) is 4.79 Å². The molecule has 228 valence electrons. The molecule has 1 N–H and O–H groups in total. The van der Waals surface area contributed by atoms with Crippen LogP contribution in [0.4, 0.5) is 0 Å². The van der Waals surface area contributed by atoms with Crippen molar-refractivity contribution < 1.29 is 19.0 Å². The Hall–Kier alpha value is -3.95. The first-order valence-corrected chi connectivity index (χ1v) is 15.9. The number of hydrogen-bond acceptors (Lipinski definition) is 8. The minimum atomic E-state index is 0.0335. The molecule has 2 aromatic carbocycles. The van der Waals surface area contributed by atoms with Crippen LogP contribution in [0.5, 0.6) is 17.2 Å². The minimum Gasteiger partial charge on any atom is -0.494 e. The number of nitrogens with one attached hydrogen (secondary N) is 1. The van der Waals surface area contributed by atoms with Crippen molar-refractivity contribution in [2.75, 3.05) is 20.3 Å². The van der Waals surface area contributed by atoms with E-state index in [1.54, 1.807) is 7.11 Å². The fourth-order valence-corrected chi connectivity index (χ4v) is 6.71. The molecular weight excluding hydrogens is 544 g/mol. The van der Waals surface area contributed by atoms with Crippen LogP contribution in [-0.4, -0.2) is 63.6 Å². The zero-order valence-corrected chi connectivity index (χ0v) is 25.0. The molecule has 1 amide bonds. The molecule has 3 aliphatic rings. The van der Waals surface area contributed by atoms with E-state index >= 15 is 0 Å². The molecule has 3 aromatic rings. The maximum Gasteiger partial charge on any atom is 0.246 e. The predicted octanol–water partition coefficient (Wildman–Crippen LogP) is 6.19. The molecule has 2 atom stereocenters. The third-order valence-corrected chi connectivity index (χ3v) is 9.03. The van der Waals surface area contributed by atoms with Crippen LogP contribution in [0.2, 0.25) is 0 Å². The van der Waals surface area contributed by atoms with E-state index in [1.807, 2.05) is 35.3 Å². The summed E-state index contributed by atoms with van der Waals surface area (Å²) in [5, 5.41) is 21.1. The molecule has 2 aliphatic carbocycles. The second-order valence-electron chi connectivity index (χ2n) is 11.8. The highest BCUT2D eigenvalue weighted by Crippen LogP contribution is 2.40. The van der Waals surface area contributed by atoms with Gasteiger partial charge in [-0.25, -0.2) is 5.01 Å². The molecule has 0 spiro atoms. The van der Waals surface area contributed by atoms with Gasteiger partial charge in [0.05, 0.1) is 32.1 Å². The van der Waals surface area contributed by atoms with E-state index in [0.29, 0.717) is 30.5 Å². The topological polar surface area (TPSA) is 115 Å². The summed E-state index contributed by atoms with van der Waals surface area (Å²) in [7, 11) is 1.67. The summed E-state index contributed by atoms with van der Waals surface area (Å²) in [6.07, 6.45) is 12.9. The standard InChI is InChI=1S/C33H42N6O4/c1-41-29-19-16-24(31-27-12-6-7-13-28(27)33(40)39(36-31)25-10-4-2-3-5-11-25)22-30(29)43-21-9-8-20-42-26-17-14-23(15-18-26)32-34-37-38-35-32/h14-19,22,25,27-28H,2-13,20-21H2,1H3,(H,34,35,37,38)/t27-,28+/m0/s1. The first kappa shape index (κ1) is 29.1. The van der Waals surface area contributed by atoms with Gasteiger partial charge in [0.15, 0.2) is 11.5 Å². The molecular formula is C33H42N6O4. The molecule has 0 radical (unpaired) electrons. The van der Waals surface area contributed by atoms with Crippen molar-refractivity contribution in [1.82, 2.24) is 25.6 Å². The Labute approximate surface area is 253 Å². The summed E-state index contributed by atoms with van der Waals surface area (Å²) < 4.78 is 17.8. The number of ether oxygens (including phenoxy) is 3. The second-order valence-corrected chi connectivity index (χ2v) is 11.8. The average Bonchev–Trinajstić information content (AvgIpc) is 3.46. The van der Waals surface area contributed by atoms with Gasteiger partial charge in [-0.05, 0) is 86.2 Å². The van der Waals surface area contributed by atoms with Gasteiger partial charge >= 0.3 is 0 Å². The molecule has 1 aromatic heterocycles. The number of hydrazone groups is 1. The first-order chi connectivity index (χ1) is 21.2. The van der Waals surface area contributed by atoms with E-state index in [4.69, 9.17) is 19.3 Å². The number of rotatable bonds is 11. The molecule has 0 saturated heterocycles. The van der Waals surface area contributed by atoms with Crippen molar-refractivity contribution in [2.45, 2.75) is 83.1 Å². The van der Waals surface area contributed by atoms with Crippen LogP contribution in [0.1, 0.15) is 82.6 Å². The number of amides is 1. The number of nitrogens with zero attached hydrogens (tertiary/aromatic N) is 5. The smallest absolute Gasteiger partial charge is 0.246 e. The van der Waals surface area contributed by atoms with Crippen LogP contribution in [0, 0.1) is 11.8 Å². The summed E-state index contributed by atoms with van der Waals surface area (Å²) in [5.74, 6) is 3.22. The van der Waals surface area contributed by atoms with E-state index in [1.165, 1.54) is 25.7 Å². The van der Waals surface area contributed by atoms with Gasteiger partial charge in [0.2, 0.25) is 11.7 Å². The quantitative estimate of drug-likeness (QED) is 0.210. The number of tetrazole rings is 1. The van der Waals surface area contributed by atoms with E-state index < -0.39 is 0 Å². The highest BCUT2D eigenvalue weighted by atomic mass is 16.5. The Morgan fingerprint density at radius 1 is 0.814 bits per heavy atom. The predicted molar refractivity (Wildman–Crippen MR) is 163 cm³/mol. The minimum absolute atomic E-state index is 0.0335. The number of carbonyl (C=O) groups is 1. The lowest BCUT2D eigenvalue weighted by molar-refractivity contribution is -0.141. The fourth-order valence-electron chi connectivity index (χ4n) is 6.71. The van der Waals surface area contributed by atoms with E-state index in [9.17, 15) is 4.79 Å². The number of methoxy groups -OCH3 is 1. The first-order valence-electron chi connectivity index (χ1n) is 15.9. The Kier molecular flexibility index (Phi) is 9.50. The Balaban J connectivity index is 1.09. The van der Waals surface area contributed by atoms with Crippen LogP contribution in [0.25, 0.3) is 11.4 Å². The van der Waals surface area contributed by atoms with Crippen molar-refractivity contribution in [3.8, 4) is 28.6 Å². The number of benzene rings is 2. The summed E-state index contributed by atoms with van der Waals surface area (Å²) in [5.41, 5.74) is 2.96. The van der Waals surface area contributed by atoms with Crippen molar-refractivity contribution in [3.63, 3.8) is 0 Å². The van der Waals surface area contributed by atoms with Gasteiger partial charge in [0.25, 0.3) is 0 Å². The van der Waals surface area contributed by atoms with Crippen LogP contribution in [0.15, 0.2) is 47.6 Å². The van der Waals surface area contributed by atoms with E-state index in [2.05, 4.69) is 32.8 Å². The van der Waals surface area contributed by atoms with Gasteiger partial charge in [-0.1, -0.05) is 38.5 Å². The van der Waals surface area contributed by atoms with E-state index in [0.717, 1.165) is 74.0 Å². The largest absolute Gasteiger partial charge is 0.494 e. The highest BCUT2D eigenvalue weighted by Gasteiger charge is 2.43. The summed E-state index contributed by atoms with van der Waals surface area (Å²) in [4.78, 5) is 13.7. The Morgan fingerprint density at radius 2 is 1.51 bits per heavy atom. The van der Waals surface area contributed by atoms with Crippen LogP contribution < -0.4 is 14.2 Å². The maximum atomic E-state index is 13.7. The number of unbranched alkanes of at least 4 members (excludes halogenated alkanes) is 1. The van der Waals surface area contributed by atoms with Gasteiger partial charge < -0.3 is 14.2 Å². The van der Waals surface area contributed by atoms with Crippen molar-refractivity contribution in [3.05, 3.63) is 48.0 Å². The number of aromatic amines is 1. The van der Waals surface area contributed by atoms with Crippen LogP contribution >= 0.6 is 0 Å². The molecule has 2 fully saturated rings. The monoisotopic (exact) mass is 586 g/mol. The van der Waals surface area contributed by atoms with Gasteiger partial charge in [-0.2, -0.15) is 10.3 Å². The number of carbonyl (C=O) groups excluding carboxylic acids is 1. The second kappa shape index (κ2) is 14.0. The lowest BCUT2D eigenvalue weighted by atomic mass is 9.73. The number of hydrogen-bond donors (Lipinski definition) is 1. The third-order valence-electron chi connectivity index (χ3n) is 9.03. The van der Waals surface area contributed by atoms with Crippen LogP contribution in [0.3, 0.4) is 0 Å². The Morgan fingerprint density at radius 3 is 2.23 bits per heavy atom. The number of aromatic nitrogens is 4. The molecule has 2 saturated carbocycles. The summed E-state index contributed by atoms with van der Waals surface area (Å²) >= 11 is 0. The van der Waals surface area contributed by atoms with E-state index in [-0.39, 0.29) is 23.8 Å². The third kappa shape index (κ3) is 6.84. The highest BCUT2D eigenvalue weighted by molar-refractivity contribution is 6.07. The SMILES string of the molecule is COc1ccc(C2=NN(C3CCCCCC3)C(=O)[C@@H]3CCCC[C@H]23)cc1OCCCCOc1ccc(-c2nn[nH]n2)cc1. The molecule has 6 rings (SSSR count). The summed E-state index contributed by atoms with van der Waals surface area (Å²) in [6.45, 7) is 1.14. The number of H-pyrrole nitrogens is 1. The fraction of sp³-hybridized carbons (Fsp3) is 0.545. The Bertz CT molecular complexity index is 1370. The molecule has 43 heavy (non-hydrogen) atoms. The molecule has 1 aliphatic heterocycles. The lowest BCUT2D eigenvalue weighted by Gasteiger charge is -2.41. The molecule has 2 heterocycles. The summed E-state index contributed by atoms with van der Waals surface area (Å²) in [6, 6.07) is 14.0. The maximum absolute atomic E-state index is 13.7. The van der Waals surface area contributed by atoms with Gasteiger partial charge in [0.1, 0.15) is 5.75 Å². The normalized spacial score (nSPS) is 21.1. The average molecular weight is 587 g/mol. The van der Waals surface area contributed by atoms with Crippen LogP contribution in [-0.2, 0) is 4.79 Å². The number of fused-ring (bicyclic) bond motifs is 1. The zero-order chi connectivity index (χ0) is 29.4. The van der Waals surface area contributed by atoms with Crippen molar-refractivity contribution >= 4 is 11.6 Å².